The zero-order valence-corrected chi connectivity index (χ0v) is 16.5. The Labute approximate surface area is 164 Å². The van der Waals surface area contributed by atoms with Crippen molar-refractivity contribution in [1.82, 2.24) is 10.3 Å². The number of carbonyl (C=O) groups excluding carboxylic acids is 1. The maximum absolute atomic E-state index is 13.1. The molecule has 3 rings (SSSR count). The Bertz CT molecular complexity index is 1040. The van der Waals surface area contributed by atoms with Gasteiger partial charge in [-0.1, -0.05) is 55.8 Å². The number of aryl methyl sites for hydroxylation is 1. The predicted octanol–water partition coefficient (Wildman–Crippen LogP) is 3.64. The van der Waals surface area contributed by atoms with Gasteiger partial charge in [0.15, 0.2) is 0 Å². The molecule has 28 heavy (non-hydrogen) atoms. The van der Waals surface area contributed by atoms with Gasteiger partial charge in [-0.2, -0.15) is 0 Å². The number of aromatic amines is 1. The van der Waals surface area contributed by atoms with E-state index in [1.165, 1.54) is 0 Å². The van der Waals surface area contributed by atoms with Gasteiger partial charge in [-0.3, -0.25) is 9.59 Å². The molecule has 0 aliphatic carbocycles. The molecule has 2 aromatic carbocycles. The Hall–Kier alpha value is -2.92. The van der Waals surface area contributed by atoms with Crippen LogP contribution in [0, 0.1) is 12.8 Å². The van der Waals surface area contributed by atoms with Gasteiger partial charge < -0.3 is 15.4 Å². The van der Waals surface area contributed by atoms with Gasteiger partial charge >= 0.3 is 0 Å². The molecule has 146 valence electrons. The van der Waals surface area contributed by atoms with E-state index in [1.807, 2.05) is 69.3 Å². The first-order valence-electron chi connectivity index (χ1n) is 9.54. The Morgan fingerprint density at radius 2 is 1.86 bits per heavy atom. The highest BCUT2D eigenvalue weighted by Crippen LogP contribution is 2.30. The first kappa shape index (κ1) is 19.8. The van der Waals surface area contributed by atoms with Crippen molar-refractivity contribution in [2.24, 2.45) is 5.92 Å². The number of hydrogen-bond acceptors (Lipinski definition) is 3. The van der Waals surface area contributed by atoms with Crippen LogP contribution in [-0.2, 0) is 0 Å². The summed E-state index contributed by atoms with van der Waals surface area (Å²) in [5.41, 5.74) is 2.78. The summed E-state index contributed by atoms with van der Waals surface area (Å²) >= 11 is 0. The molecule has 0 bridgehead atoms. The summed E-state index contributed by atoms with van der Waals surface area (Å²) in [6.45, 7) is 5.85. The molecule has 0 saturated carbocycles. The largest absolute Gasteiger partial charge is 0.394 e. The molecule has 1 atom stereocenters. The van der Waals surface area contributed by atoms with Crippen molar-refractivity contribution >= 4 is 16.8 Å². The van der Waals surface area contributed by atoms with Crippen molar-refractivity contribution < 1.29 is 9.90 Å². The molecule has 3 aromatic rings. The third-order valence-corrected chi connectivity index (χ3v) is 4.77. The van der Waals surface area contributed by atoms with E-state index in [4.69, 9.17) is 0 Å². The maximum atomic E-state index is 13.1. The third-order valence-electron chi connectivity index (χ3n) is 4.77. The van der Waals surface area contributed by atoms with Crippen LogP contribution in [0.5, 0.6) is 0 Å². The third kappa shape index (κ3) is 4.15. The molecule has 1 amide bonds. The lowest BCUT2D eigenvalue weighted by atomic mass is 9.94. The lowest BCUT2D eigenvalue weighted by molar-refractivity contribution is 0.0907. The highest BCUT2D eigenvalue weighted by molar-refractivity contribution is 6.08. The Morgan fingerprint density at radius 1 is 1.14 bits per heavy atom. The van der Waals surface area contributed by atoms with Gasteiger partial charge in [0.05, 0.1) is 12.6 Å². The number of benzene rings is 2. The summed E-state index contributed by atoms with van der Waals surface area (Å²) in [7, 11) is 0. The number of aliphatic hydroxyl groups is 1. The molecule has 0 fully saturated rings. The maximum Gasteiger partial charge on any atom is 0.261 e. The van der Waals surface area contributed by atoms with Gasteiger partial charge in [0, 0.05) is 16.5 Å². The summed E-state index contributed by atoms with van der Waals surface area (Å²) in [4.78, 5) is 28.8. The monoisotopic (exact) mass is 378 g/mol. The molecule has 0 spiro atoms. The quantitative estimate of drug-likeness (QED) is 0.612. The molecular weight excluding hydrogens is 352 g/mol. The van der Waals surface area contributed by atoms with Crippen molar-refractivity contribution in [3.63, 3.8) is 0 Å². The molecule has 1 aromatic heterocycles. The number of pyridine rings is 1. The molecule has 0 aliphatic rings. The van der Waals surface area contributed by atoms with E-state index in [0.717, 1.165) is 16.5 Å². The van der Waals surface area contributed by atoms with Gasteiger partial charge in [-0.15, -0.1) is 0 Å². The Morgan fingerprint density at radius 3 is 2.50 bits per heavy atom. The van der Waals surface area contributed by atoms with Gasteiger partial charge in [-0.05, 0) is 37.0 Å². The van der Waals surface area contributed by atoms with Crippen molar-refractivity contribution in [2.75, 3.05) is 6.61 Å². The number of hydrogen-bond donors (Lipinski definition) is 3. The summed E-state index contributed by atoms with van der Waals surface area (Å²) in [6, 6.07) is 14.8. The molecular formula is C23H26N2O3. The van der Waals surface area contributed by atoms with Crippen LogP contribution in [0.1, 0.15) is 36.2 Å². The smallest absolute Gasteiger partial charge is 0.261 e. The molecule has 0 unspecified atom stereocenters. The summed E-state index contributed by atoms with van der Waals surface area (Å²) in [5.74, 6) is -0.160. The van der Waals surface area contributed by atoms with Crippen molar-refractivity contribution in [2.45, 2.75) is 33.2 Å². The van der Waals surface area contributed by atoms with Crippen molar-refractivity contribution in [1.29, 1.82) is 0 Å². The van der Waals surface area contributed by atoms with E-state index in [0.29, 0.717) is 23.4 Å². The first-order valence-corrected chi connectivity index (χ1v) is 9.54. The van der Waals surface area contributed by atoms with Crippen LogP contribution in [0.25, 0.3) is 22.0 Å². The van der Waals surface area contributed by atoms with E-state index in [-0.39, 0.29) is 12.2 Å². The van der Waals surface area contributed by atoms with Gasteiger partial charge in [0.25, 0.3) is 11.5 Å². The van der Waals surface area contributed by atoms with Gasteiger partial charge in [-0.25, -0.2) is 0 Å². The topological polar surface area (TPSA) is 82.2 Å². The zero-order chi connectivity index (χ0) is 20.3. The van der Waals surface area contributed by atoms with Crippen LogP contribution >= 0.6 is 0 Å². The number of aliphatic hydroxyl groups excluding tert-OH is 1. The molecule has 0 saturated heterocycles. The fourth-order valence-electron chi connectivity index (χ4n) is 3.53. The minimum Gasteiger partial charge on any atom is -0.394 e. The average Bonchev–Trinajstić information content (AvgIpc) is 2.67. The second-order valence-electron chi connectivity index (χ2n) is 7.60. The summed E-state index contributed by atoms with van der Waals surface area (Å²) < 4.78 is 0. The normalized spacial score (nSPS) is 12.3. The second kappa shape index (κ2) is 8.40. The van der Waals surface area contributed by atoms with Gasteiger partial charge in [0.1, 0.15) is 5.56 Å². The van der Waals surface area contributed by atoms with Crippen LogP contribution in [0.2, 0.25) is 0 Å². The van der Waals surface area contributed by atoms with E-state index < -0.39 is 17.5 Å². The molecule has 1 heterocycles. The fraction of sp³-hybridized carbons (Fsp3) is 0.304. The number of rotatable bonds is 6. The highest BCUT2D eigenvalue weighted by atomic mass is 16.3. The number of amides is 1. The SMILES string of the molecule is Cc1ccc2[nH]c(=O)c(C(=O)N[C@H](CO)CC(C)C)c(-c3ccccc3)c2c1. The van der Waals surface area contributed by atoms with Crippen LogP contribution in [0.15, 0.2) is 53.3 Å². The van der Waals surface area contributed by atoms with Crippen LogP contribution in [0.4, 0.5) is 0 Å². The van der Waals surface area contributed by atoms with E-state index >= 15 is 0 Å². The lowest BCUT2D eigenvalue weighted by Crippen LogP contribution is -2.41. The second-order valence-corrected chi connectivity index (χ2v) is 7.60. The minimum atomic E-state index is -0.469. The average molecular weight is 378 g/mol. The molecule has 0 aliphatic heterocycles. The van der Waals surface area contributed by atoms with Crippen molar-refractivity contribution in [3.8, 4) is 11.1 Å². The molecule has 5 nitrogen and oxygen atoms in total. The number of carbonyl (C=O) groups is 1. The van der Waals surface area contributed by atoms with E-state index in [2.05, 4.69) is 10.3 Å². The van der Waals surface area contributed by atoms with Crippen LogP contribution in [-0.4, -0.2) is 28.6 Å². The lowest BCUT2D eigenvalue weighted by Gasteiger charge is -2.20. The van der Waals surface area contributed by atoms with E-state index in [1.54, 1.807) is 0 Å². The van der Waals surface area contributed by atoms with Gasteiger partial charge in [0.2, 0.25) is 0 Å². The minimum absolute atomic E-state index is 0.0755. The molecule has 3 N–H and O–H groups in total. The Balaban J connectivity index is 2.20. The van der Waals surface area contributed by atoms with Crippen LogP contribution in [0.3, 0.4) is 0 Å². The zero-order valence-electron chi connectivity index (χ0n) is 16.5. The number of H-pyrrole nitrogens is 1. The first-order chi connectivity index (χ1) is 13.4. The fourth-order valence-corrected chi connectivity index (χ4v) is 3.53. The number of fused-ring (bicyclic) bond motifs is 1. The number of aromatic nitrogens is 1. The van der Waals surface area contributed by atoms with Crippen molar-refractivity contribution in [3.05, 3.63) is 70.0 Å². The van der Waals surface area contributed by atoms with Crippen LogP contribution < -0.4 is 10.9 Å². The highest BCUT2D eigenvalue weighted by Gasteiger charge is 2.23. The number of nitrogens with one attached hydrogen (secondary N) is 2. The predicted molar refractivity (Wildman–Crippen MR) is 113 cm³/mol. The molecule has 0 radical (unpaired) electrons. The molecule has 5 heteroatoms. The standard InChI is InChI=1S/C23H26N2O3/c1-14(2)11-17(13-26)24-22(27)21-20(16-7-5-4-6-8-16)18-12-15(3)9-10-19(18)25-23(21)28/h4-10,12,14,17,26H,11,13H2,1-3H3,(H,24,27)(H,25,28)/t17-/m0/s1. The van der Waals surface area contributed by atoms with E-state index in [9.17, 15) is 14.7 Å². The summed E-state index contributed by atoms with van der Waals surface area (Å²) in [6.07, 6.45) is 0.632. The summed E-state index contributed by atoms with van der Waals surface area (Å²) in [5, 5.41) is 13.3. The Kier molecular flexibility index (Phi) is 5.95.